The molecule has 0 spiro atoms. The van der Waals surface area contributed by atoms with Crippen LogP contribution in [0.1, 0.15) is 16.0 Å². The number of amides is 2. The van der Waals surface area contributed by atoms with E-state index in [2.05, 4.69) is 33.5 Å². The van der Waals surface area contributed by atoms with Gasteiger partial charge in [0.05, 0.1) is 17.4 Å². The molecule has 3 aromatic rings. The zero-order valence-corrected chi connectivity index (χ0v) is 20.9. The zero-order valence-electron chi connectivity index (χ0n) is 17.6. The van der Waals surface area contributed by atoms with Crippen LogP contribution < -0.4 is 9.37 Å². The SMILES string of the molecule is O=C(Cc1csc(=O)s1)NC1C(=O)N2C(C(=O)O)=C(C(S)c3nnnn3-c3ccccc3)CSC12. The number of thioether (sulfide) groups is 1. The molecule has 1 fully saturated rings. The number of nitrogens with one attached hydrogen (secondary N) is 1. The molecular weight excluding hydrogens is 533 g/mol. The molecule has 1 saturated heterocycles. The van der Waals surface area contributed by atoms with Gasteiger partial charge in [-0.1, -0.05) is 40.9 Å². The van der Waals surface area contributed by atoms with Crippen LogP contribution >= 0.6 is 47.1 Å². The number of aromatic nitrogens is 4. The molecule has 2 aromatic heterocycles. The summed E-state index contributed by atoms with van der Waals surface area (Å²) in [5.74, 6) is -1.63. The first-order valence-electron chi connectivity index (χ1n) is 10.1. The van der Waals surface area contributed by atoms with Crippen molar-refractivity contribution in [2.75, 3.05) is 5.75 Å². The van der Waals surface area contributed by atoms with Crippen LogP contribution in [0.25, 0.3) is 5.69 Å². The summed E-state index contributed by atoms with van der Waals surface area (Å²) in [4.78, 5) is 50.7. The lowest BCUT2D eigenvalue weighted by atomic mass is 10.0. The summed E-state index contributed by atoms with van der Waals surface area (Å²) in [6.45, 7) is 0. The molecule has 15 heteroatoms. The lowest BCUT2D eigenvalue weighted by Crippen LogP contribution is -2.70. The molecule has 5 rings (SSSR count). The van der Waals surface area contributed by atoms with Crippen molar-refractivity contribution in [3.63, 3.8) is 0 Å². The predicted molar refractivity (Wildman–Crippen MR) is 133 cm³/mol. The van der Waals surface area contributed by atoms with Crippen molar-refractivity contribution < 1.29 is 19.5 Å². The first-order valence-corrected chi connectivity index (χ1v) is 13.4. The van der Waals surface area contributed by atoms with Gasteiger partial charge in [0, 0.05) is 16.0 Å². The van der Waals surface area contributed by atoms with Crippen LogP contribution in [0.2, 0.25) is 0 Å². The van der Waals surface area contributed by atoms with Gasteiger partial charge in [0.15, 0.2) is 5.82 Å². The van der Waals surface area contributed by atoms with Crippen molar-refractivity contribution in [1.29, 1.82) is 0 Å². The lowest BCUT2D eigenvalue weighted by Gasteiger charge is -2.49. The topological polar surface area (TPSA) is 147 Å². The Morgan fingerprint density at radius 3 is 2.71 bits per heavy atom. The fourth-order valence-corrected chi connectivity index (χ4v) is 7.47. The molecule has 2 aliphatic heterocycles. The van der Waals surface area contributed by atoms with Gasteiger partial charge in [0.25, 0.3) is 9.96 Å². The van der Waals surface area contributed by atoms with E-state index in [4.69, 9.17) is 0 Å². The molecule has 4 heterocycles. The Hall–Kier alpha value is -3.01. The van der Waals surface area contributed by atoms with E-state index in [1.165, 1.54) is 21.3 Å². The largest absolute Gasteiger partial charge is 0.477 e. The standard InChI is InChI=1S/C20H16N6O5S4/c27-12(6-10-7-34-20(31)35-10)21-13-17(28)25-14(19(29)30)11(8-33-18(13)25)15(32)16-22-23-24-26(16)9-4-2-1-3-5-9/h1-5,7,13,15,18,32H,6,8H2,(H,21,27)(H,29,30). The Balaban J connectivity index is 1.38. The smallest absolute Gasteiger partial charge is 0.352 e. The maximum Gasteiger partial charge on any atom is 0.352 e. The van der Waals surface area contributed by atoms with Crippen molar-refractivity contribution >= 4 is 64.8 Å². The van der Waals surface area contributed by atoms with Gasteiger partial charge < -0.3 is 10.4 Å². The van der Waals surface area contributed by atoms with E-state index in [0.29, 0.717) is 22.0 Å². The van der Waals surface area contributed by atoms with Crippen LogP contribution in [-0.2, 0) is 20.8 Å². The Morgan fingerprint density at radius 1 is 1.26 bits per heavy atom. The molecule has 1 aromatic carbocycles. The maximum atomic E-state index is 12.9. The fourth-order valence-electron chi connectivity index (χ4n) is 3.86. The maximum absolute atomic E-state index is 12.9. The molecule has 180 valence electrons. The van der Waals surface area contributed by atoms with Gasteiger partial charge in [-0.2, -0.15) is 17.3 Å². The molecule has 35 heavy (non-hydrogen) atoms. The van der Waals surface area contributed by atoms with Crippen LogP contribution in [0.3, 0.4) is 0 Å². The summed E-state index contributed by atoms with van der Waals surface area (Å²) in [5.41, 5.74) is 0.891. The number of para-hydroxylation sites is 1. The first kappa shape index (κ1) is 23.7. The van der Waals surface area contributed by atoms with Crippen molar-refractivity contribution in [2.45, 2.75) is 23.1 Å². The molecule has 0 saturated carbocycles. The number of rotatable bonds is 7. The van der Waals surface area contributed by atoms with Gasteiger partial charge in [0.1, 0.15) is 17.1 Å². The molecule has 2 amide bonds. The summed E-state index contributed by atoms with van der Waals surface area (Å²) in [7, 11) is 0. The second-order valence-electron chi connectivity index (χ2n) is 7.55. The second-order valence-corrected chi connectivity index (χ2v) is 11.4. The molecule has 0 radical (unpaired) electrons. The van der Waals surface area contributed by atoms with E-state index in [1.807, 2.05) is 18.2 Å². The lowest BCUT2D eigenvalue weighted by molar-refractivity contribution is -0.150. The first-order chi connectivity index (χ1) is 16.8. The van der Waals surface area contributed by atoms with Crippen molar-refractivity contribution in [3.8, 4) is 5.69 Å². The highest BCUT2D eigenvalue weighted by Gasteiger charge is 2.54. The third kappa shape index (κ3) is 4.39. The van der Waals surface area contributed by atoms with E-state index < -0.39 is 34.4 Å². The Kier molecular flexibility index (Phi) is 6.48. The summed E-state index contributed by atoms with van der Waals surface area (Å²) in [6.07, 6.45) is -0.0156. The van der Waals surface area contributed by atoms with Crippen molar-refractivity contribution in [3.05, 3.63) is 66.5 Å². The van der Waals surface area contributed by atoms with Crippen LogP contribution in [0, 0.1) is 0 Å². The number of fused-ring (bicyclic) bond motifs is 1. The van der Waals surface area contributed by atoms with E-state index in [9.17, 15) is 24.3 Å². The molecule has 2 N–H and O–H groups in total. The van der Waals surface area contributed by atoms with Crippen LogP contribution in [-0.4, -0.2) is 65.2 Å². The molecule has 3 atom stereocenters. The normalized spacial score (nSPS) is 20.3. The minimum atomic E-state index is -1.27. The van der Waals surface area contributed by atoms with Gasteiger partial charge in [-0.15, -0.1) is 16.9 Å². The third-order valence-electron chi connectivity index (χ3n) is 5.42. The van der Waals surface area contributed by atoms with Gasteiger partial charge in [-0.3, -0.25) is 19.3 Å². The average molecular weight is 549 g/mol. The van der Waals surface area contributed by atoms with Crippen LogP contribution in [0.5, 0.6) is 0 Å². The second kappa shape index (κ2) is 9.56. The number of carbonyl (C=O) groups excluding carboxylic acids is 2. The monoisotopic (exact) mass is 548 g/mol. The summed E-state index contributed by atoms with van der Waals surface area (Å²) >= 11 is 7.97. The number of carboxylic acid groups (broad SMARTS) is 1. The van der Waals surface area contributed by atoms with Crippen molar-refractivity contribution in [2.24, 2.45) is 0 Å². The average Bonchev–Trinajstić information content (AvgIpc) is 3.50. The van der Waals surface area contributed by atoms with Gasteiger partial charge in [-0.25, -0.2) is 4.79 Å². The highest BCUT2D eigenvalue weighted by molar-refractivity contribution is 8.00. The van der Waals surface area contributed by atoms with Gasteiger partial charge in [0.2, 0.25) is 5.91 Å². The molecule has 0 aliphatic carbocycles. The number of hydrogen-bond acceptors (Lipinski definition) is 11. The number of aliphatic carboxylic acids is 1. The van der Waals surface area contributed by atoms with Gasteiger partial charge in [-0.05, 0) is 28.1 Å². The molecule has 2 aliphatic rings. The number of β-lactam (4-membered cyclic amide) rings is 1. The number of hydrogen-bond donors (Lipinski definition) is 3. The highest BCUT2D eigenvalue weighted by atomic mass is 32.2. The van der Waals surface area contributed by atoms with Gasteiger partial charge >= 0.3 is 5.97 Å². The van der Waals surface area contributed by atoms with Crippen LogP contribution in [0.4, 0.5) is 0 Å². The number of nitrogens with zero attached hydrogens (tertiary/aromatic N) is 5. The van der Waals surface area contributed by atoms with E-state index in [0.717, 1.165) is 22.7 Å². The predicted octanol–water partition coefficient (Wildman–Crippen LogP) is 1.10. The molecule has 11 nitrogen and oxygen atoms in total. The third-order valence-corrected chi connectivity index (χ3v) is 9.24. The number of carbonyl (C=O) groups is 3. The number of benzene rings is 1. The minimum Gasteiger partial charge on any atom is -0.477 e. The zero-order chi connectivity index (χ0) is 24.7. The summed E-state index contributed by atoms with van der Waals surface area (Å²) in [5, 5.41) is 24.7. The molecule has 3 unspecified atom stereocenters. The Morgan fingerprint density at radius 2 is 2.03 bits per heavy atom. The highest BCUT2D eigenvalue weighted by Crippen LogP contribution is 2.45. The summed E-state index contributed by atoms with van der Waals surface area (Å²) < 4.78 is 1.37. The number of thiol groups is 1. The van der Waals surface area contributed by atoms with E-state index in [-0.39, 0.29) is 21.9 Å². The Labute approximate surface area is 215 Å². The minimum absolute atomic E-state index is 0.0156. The molecule has 0 bridgehead atoms. The van der Waals surface area contributed by atoms with Crippen LogP contribution in [0.15, 0.2) is 51.8 Å². The van der Waals surface area contributed by atoms with E-state index in [1.54, 1.807) is 17.5 Å². The fraction of sp³-hybridized carbons (Fsp3) is 0.250. The number of tetrazole rings is 1. The quantitative estimate of drug-likeness (QED) is 0.292. The molecular formula is C20H16N6O5S4. The summed E-state index contributed by atoms with van der Waals surface area (Å²) in [6, 6.07) is 8.25. The Bertz CT molecular complexity index is 1400. The number of carboxylic acids is 1. The van der Waals surface area contributed by atoms with E-state index >= 15 is 0 Å². The van der Waals surface area contributed by atoms with Crippen molar-refractivity contribution in [1.82, 2.24) is 30.4 Å².